The van der Waals surface area contributed by atoms with Crippen LogP contribution in [0.5, 0.6) is 0 Å². The molecule has 3 aromatic carbocycles. The van der Waals surface area contributed by atoms with E-state index in [1.165, 1.54) is 0 Å². The van der Waals surface area contributed by atoms with Crippen molar-refractivity contribution in [1.82, 2.24) is 9.55 Å². The normalized spacial score (nSPS) is 13.8. The third-order valence-electron chi connectivity index (χ3n) is 5.97. The molecule has 0 atom stereocenters. The van der Waals surface area contributed by atoms with Gasteiger partial charge in [-0.25, -0.2) is 4.98 Å². The third-order valence-corrected chi connectivity index (χ3v) is 6.46. The van der Waals surface area contributed by atoms with Gasteiger partial charge in [-0.05, 0) is 53.4 Å². The van der Waals surface area contributed by atoms with Crippen LogP contribution < -0.4 is 10.6 Å². The lowest BCUT2D eigenvalue weighted by atomic mass is 9.97. The number of anilines is 2. The molecule has 0 spiro atoms. The van der Waals surface area contributed by atoms with Gasteiger partial charge in [0.1, 0.15) is 0 Å². The van der Waals surface area contributed by atoms with Crippen molar-refractivity contribution in [2.75, 3.05) is 10.6 Å². The molecule has 7 nitrogen and oxygen atoms in total. The van der Waals surface area contributed by atoms with Crippen LogP contribution in [0, 0.1) is 0 Å². The molecule has 0 bridgehead atoms. The molecule has 3 N–H and O–H groups in total. The second-order valence-corrected chi connectivity index (χ2v) is 9.46. The van der Waals surface area contributed by atoms with Crippen LogP contribution in [0.25, 0.3) is 11.3 Å². The molecule has 36 heavy (non-hydrogen) atoms. The van der Waals surface area contributed by atoms with Crippen LogP contribution >= 0.6 is 15.9 Å². The van der Waals surface area contributed by atoms with Crippen LogP contribution in [0.4, 0.5) is 11.4 Å². The first-order valence-corrected chi connectivity index (χ1v) is 12.2. The largest absolute Gasteiger partial charge is 0.481 e. The maximum atomic E-state index is 13.2. The smallest absolute Gasteiger partial charge is 0.303 e. The number of carbonyl (C=O) groups is 2. The predicted octanol–water partition coefficient (Wildman–Crippen LogP) is 5.64. The highest BCUT2D eigenvalue weighted by Crippen LogP contribution is 2.39. The molecule has 2 heterocycles. The van der Waals surface area contributed by atoms with Crippen LogP contribution in [-0.4, -0.2) is 26.5 Å². The molecule has 1 amide bonds. The molecule has 180 valence electrons. The lowest BCUT2D eigenvalue weighted by Gasteiger charge is -2.16. The molecule has 0 fully saturated rings. The number of carbonyl (C=O) groups excluding carboxylic acids is 1. The summed E-state index contributed by atoms with van der Waals surface area (Å²) in [6, 6.07) is 21.4. The highest BCUT2D eigenvalue weighted by Gasteiger charge is 2.28. The summed E-state index contributed by atoms with van der Waals surface area (Å²) in [5.74, 6) is -1.04. The summed E-state index contributed by atoms with van der Waals surface area (Å²) in [4.78, 5) is 28.3. The molecule has 1 aromatic heterocycles. The van der Waals surface area contributed by atoms with E-state index in [0.29, 0.717) is 24.2 Å². The van der Waals surface area contributed by atoms with Crippen LogP contribution in [0.2, 0.25) is 0 Å². The highest BCUT2D eigenvalue weighted by atomic mass is 79.9. The first kappa shape index (κ1) is 23.6. The van der Waals surface area contributed by atoms with E-state index in [4.69, 9.17) is 5.11 Å². The van der Waals surface area contributed by atoms with Crippen LogP contribution in [0.3, 0.4) is 0 Å². The molecule has 0 unspecified atom stereocenters. The minimum Gasteiger partial charge on any atom is -0.481 e. The zero-order valence-electron chi connectivity index (χ0n) is 19.2. The number of fused-ring (bicyclic) bond motifs is 1. The van der Waals surface area contributed by atoms with Crippen molar-refractivity contribution in [3.8, 4) is 0 Å². The Morgan fingerprint density at radius 3 is 2.64 bits per heavy atom. The SMILES string of the molecule is O=C(O)CCc1cccc(C(Nc2ccc(Cn3ccnc3)cc2)=C2C(=O)Nc3cc(Br)ccc32)c1. The monoisotopic (exact) mass is 542 g/mol. The number of aryl methyl sites for hydroxylation is 1. The van der Waals surface area contributed by atoms with E-state index in [1.54, 1.807) is 12.5 Å². The molecular weight excluding hydrogens is 520 g/mol. The molecule has 1 aliphatic heterocycles. The number of halogens is 1. The van der Waals surface area contributed by atoms with Gasteiger partial charge in [0.15, 0.2) is 0 Å². The second kappa shape index (κ2) is 10.2. The summed E-state index contributed by atoms with van der Waals surface area (Å²) in [5.41, 5.74) is 6.39. The van der Waals surface area contributed by atoms with Crippen molar-refractivity contribution in [1.29, 1.82) is 0 Å². The van der Waals surface area contributed by atoms with E-state index in [2.05, 4.69) is 31.5 Å². The fraction of sp³-hybridized carbons (Fsp3) is 0.107. The number of hydrogen-bond donors (Lipinski definition) is 3. The number of rotatable bonds is 8. The number of carboxylic acids is 1. The summed E-state index contributed by atoms with van der Waals surface area (Å²) >= 11 is 3.47. The molecule has 4 aromatic rings. The van der Waals surface area contributed by atoms with Crippen molar-refractivity contribution in [3.05, 3.63) is 112 Å². The molecule has 8 heteroatoms. The Morgan fingerprint density at radius 1 is 1.06 bits per heavy atom. The quantitative estimate of drug-likeness (QED) is 0.250. The maximum Gasteiger partial charge on any atom is 0.303 e. The molecule has 0 saturated heterocycles. The highest BCUT2D eigenvalue weighted by molar-refractivity contribution is 9.10. The van der Waals surface area contributed by atoms with Gasteiger partial charge in [-0.3, -0.25) is 9.59 Å². The van der Waals surface area contributed by atoms with Gasteiger partial charge < -0.3 is 20.3 Å². The van der Waals surface area contributed by atoms with Gasteiger partial charge >= 0.3 is 5.97 Å². The molecule has 0 saturated carbocycles. The number of hydrogen-bond acceptors (Lipinski definition) is 4. The summed E-state index contributed by atoms with van der Waals surface area (Å²) in [7, 11) is 0. The second-order valence-electron chi connectivity index (χ2n) is 8.55. The Kier molecular flexibility index (Phi) is 6.69. The average molecular weight is 543 g/mol. The number of nitrogens with one attached hydrogen (secondary N) is 2. The van der Waals surface area contributed by atoms with Gasteiger partial charge in [0.25, 0.3) is 5.91 Å². The Balaban J connectivity index is 1.54. The van der Waals surface area contributed by atoms with Gasteiger partial charge in [0, 0.05) is 41.1 Å². The molecule has 0 radical (unpaired) electrons. The maximum absolute atomic E-state index is 13.2. The summed E-state index contributed by atoms with van der Waals surface area (Å²) in [6.45, 7) is 0.713. The fourth-order valence-corrected chi connectivity index (χ4v) is 4.60. The standard InChI is InChI=1S/C28H23BrN4O3/c29-21-7-10-23-24(15-21)32-28(36)26(23)27(20-3-1-2-18(14-20)6-11-25(34)35)31-22-8-4-19(5-9-22)16-33-13-12-30-17-33/h1-5,7-10,12-15,17,31H,6,11,16H2,(H,32,36)(H,34,35). The summed E-state index contributed by atoms with van der Waals surface area (Å²) < 4.78 is 2.87. The predicted molar refractivity (Wildman–Crippen MR) is 143 cm³/mol. The van der Waals surface area contributed by atoms with E-state index in [0.717, 1.165) is 38.1 Å². The van der Waals surface area contributed by atoms with Crippen molar-refractivity contribution in [2.45, 2.75) is 19.4 Å². The molecule has 1 aliphatic rings. The Labute approximate surface area is 216 Å². The van der Waals surface area contributed by atoms with Gasteiger partial charge in [-0.15, -0.1) is 0 Å². The van der Waals surface area contributed by atoms with E-state index in [9.17, 15) is 9.59 Å². The number of carboxylic acid groups (broad SMARTS) is 1. The topological polar surface area (TPSA) is 96.2 Å². The van der Waals surface area contributed by atoms with E-state index in [-0.39, 0.29) is 12.3 Å². The average Bonchev–Trinajstić information content (AvgIpc) is 3.49. The lowest BCUT2D eigenvalue weighted by Crippen LogP contribution is -2.10. The lowest BCUT2D eigenvalue weighted by molar-refractivity contribution is -0.137. The van der Waals surface area contributed by atoms with Gasteiger partial charge in [-0.2, -0.15) is 0 Å². The van der Waals surface area contributed by atoms with E-state index < -0.39 is 5.97 Å². The Hall–Kier alpha value is -4.17. The first-order valence-electron chi connectivity index (χ1n) is 11.4. The van der Waals surface area contributed by atoms with Crippen LogP contribution in [-0.2, 0) is 22.6 Å². The summed E-state index contributed by atoms with van der Waals surface area (Å²) in [5, 5.41) is 15.5. The number of nitrogens with zero attached hydrogens (tertiary/aromatic N) is 2. The van der Waals surface area contributed by atoms with Crippen LogP contribution in [0.1, 0.15) is 28.7 Å². The minimum absolute atomic E-state index is 0.0402. The number of aromatic nitrogens is 2. The zero-order valence-corrected chi connectivity index (χ0v) is 20.8. The van der Waals surface area contributed by atoms with Crippen LogP contribution in [0.15, 0.2) is 89.9 Å². The summed E-state index contributed by atoms with van der Waals surface area (Å²) in [6.07, 6.45) is 5.89. The first-order chi connectivity index (χ1) is 17.5. The van der Waals surface area contributed by atoms with Crippen molar-refractivity contribution in [3.63, 3.8) is 0 Å². The molecular formula is C28H23BrN4O3. The molecule has 5 rings (SSSR count). The third kappa shape index (κ3) is 5.23. The zero-order chi connectivity index (χ0) is 25.1. The van der Waals surface area contributed by atoms with Gasteiger partial charge in [-0.1, -0.05) is 52.3 Å². The number of imidazole rings is 1. The Bertz CT molecular complexity index is 1460. The number of amides is 1. The van der Waals surface area contributed by atoms with Crippen molar-refractivity contribution < 1.29 is 14.7 Å². The number of benzene rings is 3. The minimum atomic E-state index is -0.845. The van der Waals surface area contributed by atoms with Gasteiger partial charge in [0.2, 0.25) is 0 Å². The fourth-order valence-electron chi connectivity index (χ4n) is 4.23. The number of aliphatic carboxylic acids is 1. The van der Waals surface area contributed by atoms with E-state index in [1.807, 2.05) is 77.5 Å². The van der Waals surface area contributed by atoms with Gasteiger partial charge in [0.05, 0.1) is 23.3 Å². The Morgan fingerprint density at radius 2 is 1.89 bits per heavy atom. The van der Waals surface area contributed by atoms with E-state index >= 15 is 0 Å². The van der Waals surface area contributed by atoms with Crippen molar-refractivity contribution in [2.24, 2.45) is 0 Å². The molecule has 0 aliphatic carbocycles. The van der Waals surface area contributed by atoms with Crippen molar-refractivity contribution >= 4 is 50.5 Å².